The maximum atomic E-state index is 12.6. The van der Waals surface area contributed by atoms with Crippen LogP contribution in [-0.4, -0.2) is 15.8 Å². The summed E-state index contributed by atoms with van der Waals surface area (Å²) in [6.07, 6.45) is 0. The number of anilines is 1. The monoisotopic (exact) mass is 421 g/mol. The summed E-state index contributed by atoms with van der Waals surface area (Å²) < 4.78 is 5.83. The number of fused-ring (bicyclic) bond motifs is 1. The molecular weight excluding hydrogens is 406 g/mol. The Kier molecular flexibility index (Phi) is 4.97. The lowest BCUT2D eigenvalue weighted by Crippen LogP contribution is -2.12. The molecule has 7 nitrogen and oxygen atoms in total. The number of benzene rings is 3. The zero-order valence-electron chi connectivity index (χ0n) is 16.1. The van der Waals surface area contributed by atoms with Crippen LogP contribution in [0.1, 0.15) is 21.5 Å². The lowest BCUT2D eigenvalue weighted by atomic mass is 10.1. The number of aryl methyl sites for hydroxylation is 2. The predicted molar refractivity (Wildman–Crippen MR) is 115 cm³/mol. The largest absolute Gasteiger partial charge is 0.436 e. The van der Waals surface area contributed by atoms with Gasteiger partial charge in [-0.1, -0.05) is 23.7 Å². The van der Waals surface area contributed by atoms with Crippen molar-refractivity contribution in [2.75, 3.05) is 5.32 Å². The van der Waals surface area contributed by atoms with E-state index in [4.69, 9.17) is 16.0 Å². The Labute approximate surface area is 176 Å². The number of nitro benzene ring substituents is 1. The van der Waals surface area contributed by atoms with Gasteiger partial charge >= 0.3 is 0 Å². The van der Waals surface area contributed by atoms with Crippen molar-refractivity contribution in [3.8, 4) is 11.5 Å². The van der Waals surface area contributed by atoms with Crippen molar-refractivity contribution >= 4 is 40.0 Å². The van der Waals surface area contributed by atoms with Gasteiger partial charge in [-0.05, 0) is 55.8 Å². The highest BCUT2D eigenvalue weighted by atomic mass is 35.5. The Morgan fingerprint density at radius 2 is 1.90 bits per heavy atom. The molecule has 0 atom stereocenters. The smallest absolute Gasteiger partial charge is 0.273 e. The van der Waals surface area contributed by atoms with E-state index < -0.39 is 10.8 Å². The number of hydrogen-bond acceptors (Lipinski definition) is 5. The zero-order valence-corrected chi connectivity index (χ0v) is 16.9. The van der Waals surface area contributed by atoms with Crippen molar-refractivity contribution in [1.29, 1.82) is 0 Å². The maximum absolute atomic E-state index is 12.6. The molecule has 0 aliphatic rings. The van der Waals surface area contributed by atoms with Crippen LogP contribution in [0, 0.1) is 24.0 Å². The first kappa shape index (κ1) is 19.6. The summed E-state index contributed by atoms with van der Waals surface area (Å²) in [5.74, 6) is -0.112. The minimum absolute atomic E-state index is 0.121. The molecule has 3 aromatic carbocycles. The van der Waals surface area contributed by atoms with Crippen molar-refractivity contribution < 1.29 is 14.1 Å². The number of oxazole rings is 1. The summed E-state index contributed by atoms with van der Waals surface area (Å²) in [5, 5.41) is 14.2. The number of hydrogen-bond donors (Lipinski definition) is 1. The van der Waals surface area contributed by atoms with Crippen molar-refractivity contribution in [3.63, 3.8) is 0 Å². The van der Waals surface area contributed by atoms with Crippen LogP contribution in [-0.2, 0) is 0 Å². The maximum Gasteiger partial charge on any atom is 0.273 e. The summed E-state index contributed by atoms with van der Waals surface area (Å²) in [5.41, 5.74) is 3.94. The third-order valence-corrected chi connectivity index (χ3v) is 5.00. The summed E-state index contributed by atoms with van der Waals surface area (Å²) in [4.78, 5) is 27.7. The molecule has 0 aliphatic carbocycles. The molecule has 1 aromatic heterocycles. The topological polar surface area (TPSA) is 98.3 Å². The van der Waals surface area contributed by atoms with E-state index >= 15 is 0 Å². The molecule has 0 saturated heterocycles. The Bertz CT molecular complexity index is 1310. The Hall–Kier alpha value is -3.71. The van der Waals surface area contributed by atoms with E-state index in [1.807, 2.05) is 25.1 Å². The van der Waals surface area contributed by atoms with Gasteiger partial charge in [-0.2, -0.15) is 0 Å². The summed E-state index contributed by atoms with van der Waals surface area (Å²) in [6.45, 7) is 3.58. The first-order chi connectivity index (χ1) is 14.3. The SMILES string of the molecule is Cc1ccc2nc(-c3ccc(Cl)c(NC(=O)c4ccc(C)c([N+](=O)[O-])c4)c3)oc2c1. The van der Waals surface area contributed by atoms with E-state index in [9.17, 15) is 14.9 Å². The summed E-state index contributed by atoms with van der Waals surface area (Å²) in [7, 11) is 0. The molecule has 1 heterocycles. The standard InChI is InChI=1S/C22H16ClN3O4/c1-12-3-8-17-20(9-12)30-22(25-17)15-6-7-16(23)18(10-15)24-21(27)14-5-4-13(2)19(11-14)26(28)29/h3-11H,1-2H3,(H,24,27). The molecule has 0 spiro atoms. The Morgan fingerprint density at radius 1 is 1.10 bits per heavy atom. The van der Waals surface area contributed by atoms with Crippen LogP contribution in [0.5, 0.6) is 0 Å². The number of nitrogens with one attached hydrogen (secondary N) is 1. The van der Waals surface area contributed by atoms with E-state index in [0.717, 1.165) is 11.1 Å². The van der Waals surface area contributed by atoms with Gasteiger partial charge in [0, 0.05) is 22.8 Å². The fourth-order valence-corrected chi connectivity index (χ4v) is 3.22. The fourth-order valence-electron chi connectivity index (χ4n) is 3.05. The number of aromatic nitrogens is 1. The van der Waals surface area contributed by atoms with Crippen LogP contribution in [0.25, 0.3) is 22.6 Å². The van der Waals surface area contributed by atoms with Crippen LogP contribution in [0.15, 0.2) is 59.0 Å². The number of nitro groups is 1. The van der Waals surface area contributed by atoms with Gasteiger partial charge < -0.3 is 9.73 Å². The molecule has 150 valence electrons. The van der Waals surface area contributed by atoms with Crippen molar-refractivity contribution in [2.24, 2.45) is 0 Å². The Morgan fingerprint density at radius 3 is 2.67 bits per heavy atom. The first-order valence-electron chi connectivity index (χ1n) is 9.05. The molecule has 0 fully saturated rings. The number of amides is 1. The van der Waals surface area contributed by atoms with E-state index in [1.54, 1.807) is 25.1 Å². The van der Waals surface area contributed by atoms with Crippen LogP contribution in [0.3, 0.4) is 0 Å². The predicted octanol–water partition coefficient (Wildman–Crippen LogP) is 5.93. The van der Waals surface area contributed by atoms with Crippen LogP contribution in [0.2, 0.25) is 5.02 Å². The zero-order chi connectivity index (χ0) is 21.4. The van der Waals surface area contributed by atoms with Gasteiger partial charge in [0.1, 0.15) is 5.52 Å². The average molecular weight is 422 g/mol. The lowest BCUT2D eigenvalue weighted by Gasteiger charge is -2.09. The third kappa shape index (κ3) is 3.75. The van der Waals surface area contributed by atoms with Gasteiger partial charge in [-0.15, -0.1) is 0 Å². The van der Waals surface area contributed by atoms with Crippen molar-refractivity contribution in [3.05, 3.63) is 86.4 Å². The molecule has 8 heteroatoms. The molecule has 4 aromatic rings. The highest BCUT2D eigenvalue weighted by Crippen LogP contribution is 2.31. The molecular formula is C22H16ClN3O4. The first-order valence-corrected chi connectivity index (χ1v) is 9.43. The molecule has 1 N–H and O–H groups in total. The number of carbonyl (C=O) groups is 1. The fraction of sp³-hybridized carbons (Fsp3) is 0.0909. The van der Waals surface area contributed by atoms with Gasteiger partial charge in [0.25, 0.3) is 11.6 Å². The minimum Gasteiger partial charge on any atom is -0.436 e. The molecule has 30 heavy (non-hydrogen) atoms. The van der Waals surface area contributed by atoms with Gasteiger partial charge in [-0.25, -0.2) is 4.98 Å². The summed E-state index contributed by atoms with van der Waals surface area (Å²) >= 11 is 6.25. The van der Waals surface area contributed by atoms with Gasteiger partial charge in [0.2, 0.25) is 5.89 Å². The van der Waals surface area contributed by atoms with Crippen molar-refractivity contribution in [1.82, 2.24) is 4.98 Å². The van der Waals surface area contributed by atoms with E-state index in [1.165, 1.54) is 18.2 Å². The molecule has 4 rings (SSSR count). The number of nitrogens with zero attached hydrogens (tertiary/aromatic N) is 2. The molecule has 0 saturated carbocycles. The average Bonchev–Trinajstić information content (AvgIpc) is 3.12. The lowest BCUT2D eigenvalue weighted by molar-refractivity contribution is -0.385. The molecule has 0 unspecified atom stereocenters. The van der Waals surface area contributed by atoms with Gasteiger partial charge in [-0.3, -0.25) is 14.9 Å². The van der Waals surface area contributed by atoms with Crippen LogP contribution in [0.4, 0.5) is 11.4 Å². The van der Waals surface area contributed by atoms with Gasteiger partial charge in [0.05, 0.1) is 15.6 Å². The molecule has 0 radical (unpaired) electrons. The van der Waals surface area contributed by atoms with E-state index in [-0.39, 0.29) is 11.3 Å². The van der Waals surface area contributed by atoms with E-state index in [0.29, 0.717) is 33.3 Å². The Balaban J connectivity index is 1.65. The second kappa shape index (κ2) is 7.61. The molecule has 0 aliphatic heterocycles. The number of carbonyl (C=O) groups excluding carboxylic acids is 1. The third-order valence-electron chi connectivity index (χ3n) is 4.67. The second-order valence-electron chi connectivity index (χ2n) is 6.90. The quantitative estimate of drug-likeness (QED) is 0.325. The number of rotatable bonds is 4. The second-order valence-corrected chi connectivity index (χ2v) is 7.30. The van der Waals surface area contributed by atoms with Gasteiger partial charge in [0.15, 0.2) is 5.58 Å². The number of halogens is 1. The van der Waals surface area contributed by atoms with E-state index in [2.05, 4.69) is 10.3 Å². The highest BCUT2D eigenvalue weighted by molar-refractivity contribution is 6.34. The normalized spacial score (nSPS) is 10.9. The minimum atomic E-state index is -0.519. The van der Waals surface area contributed by atoms with Crippen LogP contribution < -0.4 is 5.32 Å². The highest BCUT2D eigenvalue weighted by Gasteiger charge is 2.17. The van der Waals surface area contributed by atoms with Crippen LogP contribution >= 0.6 is 11.6 Å². The molecule has 0 bridgehead atoms. The summed E-state index contributed by atoms with van der Waals surface area (Å²) in [6, 6.07) is 15.0. The van der Waals surface area contributed by atoms with Crippen molar-refractivity contribution in [2.45, 2.75) is 13.8 Å². The molecule has 1 amide bonds.